The topological polar surface area (TPSA) is 29.3 Å². The molecule has 2 unspecified atom stereocenters. The van der Waals surface area contributed by atoms with Crippen molar-refractivity contribution in [2.75, 3.05) is 13.1 Å². The fourth-order valence-corrected chi connectivity index (χ4v) is 3.33. The van der Waals surface area contributed by atoms with Gasteiger partial charge in [0, 0.05) is 17.5 Å². The molecule has 1 aromatic heterocycles. The first-order valence-corrected chi connectivity index (χ1v) is 7.22. The second-order valence-electron chi connectivity index (χ2n) is 4.67. The molecule has 2 atom stereocenters. The minimum absolute atomic E-state index is 0.201. The number of thiophene rings is 1. The maximum atomic E-state index is 6.26. The first kappa shape index (κ1) is 12.1. The number of piperidine rings is 1. The van der Waals surface area contributed by atoms with Crippen LogP contribution in [0.3, 0.4) is 0 Å². The van der Waals surface area contributed by atoms with Crippen LogP contribution in [0.2, 0.25) is 0 Å². The summed E-state index contributed by atoms with van der Waals surface area (Å²) in [6.07, 6.45) is 5.35. The van der Waals surface area contributed by atoms with E-state index in [4.69, 9.17) is 5.73 Å². The van der Waals surface area contributed by atoms with Gasteiger partial charge in [0.1, 0.15) is 0 Å². The Kier molecular flexibility index (Phi) is 4.38. The second kappa shape index (κ2) is 5.80. The molecule has 0 aliphatic carbocycles. The Morgan fingerprint density at radius 2 is 2.44 bits per heavy atom. The third-order valence-electron chi connectivity index (χ3n) is 3.56. The molecular weight excluding hydrogens is 216 g/mol. The predicted octanol–water partition coefficient (Wildman–Crippen LogP) is 3.01. The van der Waals surface area contributed by atoms with Crippen LogP contribution in [0.4, 0.5) is 0 Å². The van der Waals surface area contributed by atoms with E-state index in [2.05, 4.69) is 29.3 Å². The van der Waals surface area contributed by atoms with Gasteiger partial charge in [0.2, 0.25) is 0 Å². The molecule has 3 heteroatoms. The predicted molar refractivity (Wildman–Crippen MR) is 70.8 cm³/mol. The zero-order valence-electron chi connectivity index (χ0n) is 10.1. The van der Waals surface area contributed by atoms with E-state index < -0.39 is 0 Å². The molecular formula is C13H22N2S. The van der Waals surface area contributed by atoms with Crippen LogP contribution in [0.25, 0.3) is 0 Å². The monoisotopic (exact) mass is 238 g/mol. The van der Waals surface area contributed by atoms with Gasteiger partial charge < -0.3 is 5.73 Å². The fourth-order valence-electron chi connectivity index (χ4n) is 2.61. The van der Waals surface area contributed by atoms with Crippen LogP contribution in [-0.2, 0) is 0 Å². The van der Waals surface area contributed by atoms with Gasteiger partial charge in [-0.25, -0.2) is 0 Å². The van der Waals surface area contributed by atoms with Crippen molar-refractivity contribution in [1.29, 1.82) is 0 Å². The van der Waals surface area contributed by atoms with Crippen molar-refractivity contribution in [2.45, 2.75) is 44.7 Å². The molecule has 0 bridgehead atoms. The van der Waals surface area contributed by atoms with Gasteiger partial charge in [0.25, 0.3) is 0 Å². The Morgan fingerprint density at radius 1 is 1.56 bits per heavy atom. The van der Waals surface area contributed by atoms with Gasteiger partial charge in [-0.3, -0.25) is 4.90 Å². The summed E-state index contributed by atoms with van der Waals surface area (Å²) in [7, 11) is 0. The number of hydrogen-bond acceptors (Lipinski definition) is 3. The lowest BCUT2D eigenvalue weighted by atomic mass is 9.99. The van der Waals surface area contributed by atoms with Gasteiger partial charge in [-0.05, 0) is 37.3 Å². The van der Waals surface area contributed by atoms with Gasteiger partial charge >= 0.3 is 0 Å². The third kappa shape index (κ3) is 2.84. The molecule has 1 fully saturated rings. The van der Waals surface area contributed by atoms with Crippen LogP contribution < -0.4 is 5.73 Å². The average Bonchev–Trinajstić information content (AvgIpc) is 2.83. The number of hydrogen-bond donors (Lipinski definition) is 1. The van der Waals surface area contributed by atoms with Crippen molar-refractivity contribution >= 4 is 11.3 Å². The molecule has 0 saturated carbocycles. The minimum Gasteiger partial charge on any atom is -0.322 e. The summed E-state index contributed by atoms with van der Waals surface area (Å²) in [5.74, 6) is 0. The molecule has 1 aromatic rings. The first-order chi connectivity index (χ1) is 7.81. The second-order valence-corrected chi connectivity index (χ2v) is 5.65. The lowest BCUT2D eigenvalue weighted by Crippen LogP contribution is -2.42. The number of nitrogens with zero attached hydrogens (tertiary/aromatic N) is 1. The lowest BCUT2D eigenvalue weighted by Gasteiger charge is -2.36. The van der Waals surface area contributed by atoms with E-state index >= 15 is 0 Å². The molecule has 0 spiro atoms. The van der Waals surface area contributed by atoms with Crippen LogP contribution in [0.5, 0.6) is 0 Å². The van der Waals surface area contributed by atoms with E-state index in [9.17, 15) is 0 Å². The van der Waals surface area contributed by atoms with Crippen molar-refractivity contribution in [3.8, 4) is 0 Å². The van der Waals surface area contributed by atoms with Gasteiger partial charge in [-0.15, -0.1) is 11.3 Å². The molecule has 0 amide bonds. The van der Waals surface area contributed by atoms with Gasteiger partial charge in [0.15, 0.2) is 0 Å². The maximum Gasteiger partial charge on any atom is 0.0519 e. The Labute approximate surface area is 102 Å². The van der Waals surface area contributed by atoms with E-state index in [1.807, 2.05) is 0 Å². The Bertz CT molecular complexity index is 297. The van der Waals surface area contributed by atoms with Crippen LogP contribution in [0.1, 0.15) is 43.5 Å². The molecule has 0 aromatic carbocycles. The SMILES string of the molecule is CCC1CCCCN1CC(N)c1cccs1. The van der Waals surface area contributed by atoms with Gasteiger partial charge in [0.05, 0.1) is 6.04 Å². The average molecular weight is 238 g/mol. The van der Waals surface area contributed by atoms with E-state index in [0.717, 1.165) is 12.6 Å². The van der Waals surface area contributed by atoms with Crippen molar-refractivity contribution in [2.24, 2.45) is 5.73 Å². The van der Waals surface area contributed by atoms with Crippen molar-refractivity contribution in [1.82, 2.24) is 4.90 Å². The number of rotatable bonds is 4. The Hall–Kier alpha value is -0.380. The molecule has 90 valence electrons. The van der Waals surface area contributed by atoms with Crippen molar-refractivity contribution in [3.05, 3.63) is 22.4 Å². The van der Waals surface area contributed by atoms with E-state index in [0.29, 0.717) is 0 Å². The fraction of sp³-hybridized carbons (Fsp3) is 0.692. The zero-order valence-corrected chi connectivity index (χ0v) is 10.9. The summed E-state index contributed by atoms with van der Waals surface area (Å²) in [6, 6.07) is 5.21. The normalized spacial score (nSPS) is 24.5. The van der Waals surface area contributed by atoms with Crippen molar-refractivity contribution in [3.63, 3.8) is 0 Å². The van der Waals surface area contributed by atoms with Crippen LogP contribution in [0.15, 0.2) is 17.5 Å². The number of likely N-dealkylation sites (tertiary alicyclic amines) is 1. The van der Waals surface area contributed by atoms with E-state index in [1.54, 1.807) is 11.3 Å². The summed E-state index contributed by atoms with van der Waals surface area (Å²) in [4.78, 5) is 3.91. The highest BCUT2D eigenvalue weighted by Gasteiger charge is 2.22. The standard InChI is InChI=1S/C13H22N2S/c1-2-11-6-3-4-8-15(11)10-12(14)13-7-5-9-16-13/h5,7,9,11-12H,2-4,6,8,10,14H2,1H3. The summed E-state index contributed by atoms with van der Waals surface area (Å²) < 4.78 is 0. The molecule has 0 radical (unpaired) electrons. The molecule has 1 saturated heterocycles. The maximum absolute atomic E-state index is 6.26. The smallest absolute Gasteiger partial charge is 0.0519 e. The molecule has 2 N–H and O–H groups in total. The highest BCUT2D eigenvalue weighted by molar-refractivity contribution is 7.10. The summed E-state index contributed by atoms with van der Waals surface area (Å²) in [5.41, 5.74) is 6.26. The Balaban J connectivity index is 1.92. The van der Waals surface area contributed by atoms with Gasteiger partial charge in [-0.2, -0.15) is 0 Å². The minimum atomic E-state index is 0.201. The zero-order chi connectivity index (χ0) is 11.4. The number of nitrogens with two attached hydrogens (primary N) is 1. The van der Waals surface area contributed by atoms with Crippen LogP contribution >= 0.6 is 11.3 Å². The molecule has 1 aliphatic rings. The van der Waals surface area contributed by atoms with Gasteiger partial charge in [-0.1, -0.05) is 19.4 Å². The lowest BCUT2D eigenvalue weighted by molar-refractivity contribution is 0.136. The molecule has 16 heavy (non-hydrogen) atoms. The summed E-state index contributed by atoms with van der Waals surface area (Å²) in [5, 5.41) is 2.11. The highest BCUT2D eigenvalue weighted by atomic mass is 32.1. The Morgan fingerprint density at radius 3 is 3.12 bits per heavy atom. The quantitative estimate of drug-likeness (QED) is 0.873. The van der Waals surface area contributed by atoms with Crippen LogP contribution in [-0.4, -0.2) is 24.0 Å². The first-order valence-electron chi connectivity index (χ1n) is 6.34. The summed E-state index contributed by atoms with van der Waals surface area (Å²) >= 11 is 1.78. The molecule has 1 aliphatic heterocycles. The highest BCUT2D eigenvalue weighted by Crippen LogP contribution is 2.23. The molecule has 2 nitrogen and oxygen atoms in total. The van der Waals surface area contributed by atoms with Crippen molar-refractivity contribution < 1.29 is 0 Å². The van der Waals surface area contributed by atoms with Crippen LogP contribution in [0, 0.1) is 0 Å². The van der Waals surface area contributed by atoms with E-state index in [1.165, 1.54) is 37.1 Å². The third-order valence-corrected chi connectivity index (χ3v) is 4.56. The van der Waals surface area contributed by atoms with E-state index in [-0.39, 0.29) is 6.04 Å². The summed E-state index contributed by atoms with van der Waals surface area (Å²) in [6.45, 7) is 4.55. The largest absolute Gasteiger partial charge is 0.322 e. The molecule has 2 rings (SSSR count). The molecule has 2 heterocycles.